The summed E-state index contributed by atoms with van der Waals surface area (Å²) in [6.45, 7) is 0. The van der Waals surface area contributed by atoms with Gasteiger partial charge >= 0.3 is 23.1 Å². The molecule has 0 atom stereocenters. The number of benzene rings is 1. The quantitative estimate of drug-likeness (QED) is 0.424. The van der Waals surface area contributed by atoms with Crippen LogP contribution in [-0.2, 0) is 0 Å². The molecule has 0 aliphatic carbocycles. The van der Waals surface area contributed by atoms with Gasteiger partial charge in [-0.25, -0.2) is 0 Å². The van der Waals surface area contributed by atoms with Crippen molar-refractivity contribution < 1.29 is 5.11 Å². The zero-order valence-corrected chi connectivity index (χ0v) is 9.69. The summed E-state index contributed by atoms with van der Waals surface area (Å²) in [5.74, 6) is 0. The van der Waals surface area contributed by atoms with Crippen LogP contribution in [0.5, 0.6) is 0 Å². The van der Waals surface area contributed by atoms with Gasteiger partial charge in [0.15, 0.2) is 0 Å². The minimum atomic E-state index is 0. The van der Waals surface area contributed by atoms with Crippen LogP contribution in [-0.4, -0.2) is 35.3 Å². The molecule has 0 aliphatic heterocycles. The largest absolute Gasteiger partial charge is 2.00 e. The maximum Gasteiger partial charge on any atom is 2.00 e. The average molecular weight is 261 g/mol. The molecule has 1 aromatic carbocycles. The minimum Gasteiger partial charge on any atom is -0.400 e. The van der Waals surface area contributed by atoms with Gasteiger partial charge in [-0.1, -0.05) is 0 Å². The van der Waals surface area contributed by atoms with E-state index in [0.29, 0.717) is 0 Å². The molecule has 0 saturated heterocycles. The van der Waals surface area contributed by atoms with Crippen molar-refractivity contribution in [2.75, 3.05) is 7.11 Å². The van der Waals surface area contributed by atoms with Crippen LogP contribution in [0.1, 0.15) is 0 Å². The second-order valence-electron chi connectivity index (χ2n) is 1.08. The first-order valence-electron chi connectivity index (χ1n) is 2.36. The summed E-state index contributed by atoms with van der Waals surface area (Å²) in [4.78, 5) is 0. The molecule has 3 heteroatoms. The molecular weight excluding hydrogens is 251 g/mol. The van der Waals surface area contributed by atoms with Crippen LogP contribution in [0, 0.1) is 6.07 Å². The van der Waals surface area contributed by atoms with E-state index in [0.717, 1.165) is 7.11 Å². The van der Waals surface area contributed by atoms with Gasteiger partial charge < -0.3 is 5.11 Å². The molecule has 1 rings (SSSR count). The maximum absolute atomic E-state index is 7.00. The van der Waals surface area contributed by atoms with E-state index in [4.69, 9.17) is 5.11 Å². The molecule has 0 bridgehead atoms. The van der Waals surface area contributed by atoms with E-state index in [-0.39, 0.29) is 47.0 Å². The molecule has 0 saturated carbocycles. The second-order valence-corrected chi connectivity index (χ2v) is 1.08. The van der Waals surface area contributed by atoms with E-state index < -0.39 is 0 Å². The predicted molar refractivity (Wildman–Crippen MR) is 54.6 cm³/mol. The smallest absolute Gasteiger partial charge is 0.400 e. The molecule has 0 radical (unpaired) electrons. The van der Waals surface area contributed by atoms with Gasteiger partial charge in [-0.05, 0) is 0 Å². The van der Waals surface area contributed by atoms with E-state index in [2.05, 4.69) is 6.07 Å². The van der Waals surface area contributed by atoms with Gasteiger partial charge in [-0.3, -0.25) is 0 Å². The first-order chi connectivity index (χ1) is 4.00. The van der Waals surface area contributed by atoms with Gasteiger partial charge in [0.25, 0.3) is 0 Å². The number of hydrogen-bond acceptors (Lipinski definition) is 1. The van der Waals surface area contributed by atoms with Crippen LogP contribution in [0.15, 0.2) is 30.3 Å². The Morgan fingerprint density at radius 3 is 1.50 bits per heavy atom. The molecular formula is C7H10IMgO+. The molecule has 10 heavy (non-hydrogen) atoms. The Hall–Kier alpha value is 0.676. The summed E-state index contributed by atoms with van der Waals surface area (Å²) in [5, 5.41) is 7.00. The van der Waals surface area contributed by atoms with Gasteiger partial charge in [0.05, 0.1) is 0 Å². The zero-order chi connectivity index (χ0) is 6.24. The van der Waals surface area contributed by atoms with Crippen molar-refractivity contribution in [3.63, 3.8) is 0 Å². The Morgan fingerprint density at radius 1 is 1.00 bits per heavy atom. The molecule has 0 heterocycles. The Bertz CT molecular complexity index is 85.5. The van der Waals surface area contributed by atoms with E-state index in [1.54, 1.807) is 0 Å². The van der Waals surface area contributed by atoms with Crippen LogP contribution >= 0.6 is 24.0 Å². The molecule has 0 spiro atoms. The summed E-state index contributed by atoms with van der Waals surface area (Å²) in [6.07, 6.45) is 0. The number of halogens is 1. The molecule has 0 aromatic heterocycles. The van der Waals surface area contributed by atoms with Gasteiger partial charge in [0.1, 0.15) is 0 Å². The SMILES string of the molecule is CO.I.[Mg+2].[c-]1ccccc1. The fourth-order valence-electron chi connectivity index (χ4n) is 0.342. The molecule has 0 amide bonds. The molecule has 1 N–H and O–H groups in total. The Balaban J connectivity index is -0.000000114. The first-order valence-corrected chi connectivity index (χ1v) is 2.36. The monoisotopic (exact) mass is 261 g/mol. The molecule has 0 unspecified atom stereocenters. The topological polar surface area (TPSA) is 20.2 Å². The number of aliphatic hydroxyl groups is 1. The summed E-state index contributed by atoms with van der Waals surface area (Å²) in [6, 6.07) is 12.5. The van der Waals surface area contributed by atoms with E-state index in [9.17, 15) is 0 Å². The Labute approximate surface area is 95.0 Å². The Morgan fingerprint density at radius 2 is 1.40 bits per heavy atom. The summed E-state index contributed by atoms with van der Waals surface area (Å²) in [7, 11) is 1.00. The summed E-state index contributed by atoms with van der Waals surface area (Å²) < 4.78 is 0. The zero-order valence-electron chi connectivity index (χ0n) is 5.95. The van der Waals surface area contributed by atoms with Crippen molar-refractivity contribution >= 4 is 47.0 Å². The van der Waals surface area contributed by atoms with Crippen LogP contribution < -0.4 is 0 Å². The standard InChI is InChI=1S/C6H5.CH4O.HI.Mg/c1-2-4-6-5-3-1;1-2;;/h1-5H;2H,1H3;1H;/q-1;;;+2. The fourth-order valence-corrected chi connectivity index (χ4v) is 0.342. The van der Waals surface area contributed by atoms with Crippen LogP contribution in [0.3, 0.4) is 0 Å². The first kappa shape index (κ1) is 17.0. The van der Waals surface area contributed by atoms with Crippen molar-refractivity contribution in [1.82, 2.24) is 0 Å². The molecule has 1 aromatic rings. The van der Waals surface area contributed by atoms with Crippen molar-refractivity contribution in [3.05, 3.63) is 36.4 Å². The number of rotatable bonds is 0. The third-order valence-corrected chi connectivity index (χ3v) is 0.607. The van der Waals surface area contributed by atoms with Gasteiger partial charge in [0, 0.05) is 7.11 Å². The maximum atomic E-state index is 7.00. The average Bonchev–Trinajstić information content (AvgIpc) is 1.96. The second kappa shape index (κ2) is 16.3. The molecule has 0 fully saturated rings. The Kier molecular flexibility index (Phi) is 27.7. The van der Waals surface area contributed by atoms with E-state index >= 15 is 0 Å². The van der Waals surface area contributed by atoms with E-state index in [1.165, 1.54) is 0 Å². The molecule has 52 valence electrons. The third kappa shape index (κ3) is 11.5. The third-order valence-electron chi connectivity index (χ3n) is 0.607. The van der Waals surface area contributed by atoms with Gasteiger partial charge in [-0.2, -0.15) is 36.4 Å². The fraction of sp³-hybridized carbons (Fsp3) is 0.143. The van der Waals surface area contributed by atoms with Crippen LogP contribution in [0.25, 0.3) is 0 Å². The molecule has 1 nitrogen and oxygen atoms in total. The van der Waals surface area contributed by atoms with Crippen LogP contribution in [0.2, 0.25) is 0 Å². The minimum absolute atomic E-state index is 0. The number of aliphatic hydroxyl groups excluding tert-OH is 1. The predicted octanol–water partition coefficient (Wildman–Crippen LogP) is 1.33. The molecule has 0 aliphatic rings. The van der Waals surface area contributed by atoms with Crippen molar-refractivity contribution in [1.29, 1.82) is 0 Å². The summed E-state index contributed by atoms with van der Waals surface area (Å²) in [5.41, 5.74) is 0. The number of hydrogen-bond donors (Lipinski definition) is 1. The normalized spacial score (nSPS) is 5.40. The van der Waals surface area contributed by atoms with Crippen molar-refractivity contribution in [2.45, 2.75) is 0 Å². The van der Waals surface area contributed by atoms with Crippen molar-refractivity contribution in [2.24, 2.45) is 0 Å². The van der Waals surface area contributed by atoms with E-state index in [1.807, 2.05) is 30.3 Å². The summed E-state index contributed by atoms with van der Waals surface area (Å²) >= 11 is 0. The van der Waals surface area contributed by atoms with Gasteiger partial charge in [0.2, 0.25) is 0 Å². The van der Waals surface area contributed by atoms with Crippen LogP contribution in [0.4, 0.5) is 0 Å². The van der Waals surface area contributed by atoms with Crippen molar-refractivity contribution in [3.8, 4) is 0 Å². The van der Waals surface area contributed by atoms with Gasteiger partial charge in [-0.15, -0.1) is 24.0 Å².